The van der Waals surface area contributed by atoms with Crippen LogP contribution in [-0.4, -0.2) is 18.6 Å². The maximum Gasteiger partial charge on any atom is 0.249 e. The lowest BCUT2D eigenvalue weighted by Crippen LogP contribution is -2.36. The van der Waals surface area contributed by atoms with Gasteiger partial charge in [-0.3, -0.25) is 4.79 Å². The van der Waals surface area contributed by atoms with Gasteiger partial charge in [-0.1, -0.05) is 23.8 Å². The van der Waals surface area contributed by atoms with E-state index in [0.29, 0.717) is 6.61 Å². The molecule has 1 aromatic rings. The number of hydrogen-bond acceptors (Lipinski definition) is 2. The standard InChI is InChI=1S/C15H21NO2/c1-10-6-7-11(2)13(9-10)12(3)16-15(17)14-5-4-8-18-14/h6-7,9,12,14H,4-5,8H2,1-3H3,(H,16,17)/t12-,14+/m1/s1. The fourth-order valence-electron chi connectivity index (χ4n) is 2.39. The van der Waals surface area contributed by atoms with E-state index in [4.69, 9.17) is 4.74 Å². The second-order valence-electron chi connectivity index (χ2n) is 5.09. The third-order valence-corrected chi connectivity index (χ3v) is 3.48. The van der Waals surface area contributed by atoms with E-state index in [9.17, 15) is 4.79 Å². The van der Waals surface area contributed by atoms with Gasteiger partial charge in [0.2, 0.25) is 5.91 Å². The van der Waals surface area contributed by atoms with E-state index in [-0.39, 0.29) is 18.1 Å². The molecule has 3 nitrogen and oxygen atoms in total. The first-order valence-electron chi connectivity index (χ1n) is 6.57. The molecule has 0 spiro atoms. The smallest absolute Gasteiger partial charge is 0.249 e. The Labute approximate surface area is 109 Å². The molecule has 98 valence electrons. The van der Waals surface area contributed by atoms with Crippen molar-refractivity contribution < 1.29 is 9.53 Å². The van der Waals surface area contributed by atoms with Crippen molar-refractivity contribution in [2.24, 2.45) is 0 Å². The SMILES string of the molecule is Cc1ccc(C)c([C@@H](C)NC(=O)[C@@H]2CCCO2)c1. The number of rotatable bonds is 3. The van der Waals surface area contributed by atoms with Gasteiger partial charge in [-0.2, -0.15) is 0 Å². The van der Waals surface area contributed by atoms with Gasteiger partial charge in [-0.05, 0) is 44.7 Å². The normalized spacial score (nSPS) is 20.7. The molecule has 0 unspecified atom stereocenters. The lowest BCUT2D eigenvalue weighted by molar-refractivity contribution is -0.130. The highest BCUT2D eigenvalue weighted by atomic mass is 16.5. The van der Waals surface area contributed by atoms with Crippen LogP contribution in [0.2, 0.25) is 0 Å². The second-order valence-corrected chi connectivity index (χ2v) is 5.09. The van der Waals surface area contributed by atoms with Crippen molar-refractivity contribution in [2.75, 3.05) is 6.61 Å². The van der Waals surface area contributed by atoms with Gasteiger partial charge in [0.1, 0.15) is 6.10 Å². The van der Waals surface area contributed by atoms with E-state index in [1.807, 2.05) is 6.92 Å². The summed E-state index contributed by atoms with van der Waals surface area (Å²) < 4.78 is 5.39. The summed E-state index contributed by atoms with van der Waals surface area (Å²) in [6.07, 6.45) is 1.57. The van der Waals surface area contributed by atoms with Crippen molar-refractivity contribution >= 4 is 5.91 Å². The number of nitrogens with one attached hydrogen (secondary N) is 1. The zero-order valence-corrected chi connectivity index (χ0v) is 11.3. The number of aryl methyl sites for hydroxylation is 2. The van der Waals surface area contributed by atoms with Gasteiger partial charge in [0.05, 0.1) is 6.04 Å². The minimum Gasteiger partial charge on any atom is -0.368 e. The number of benzene rings is 1. The van der Waals surface area contributed by atoms with Crippen LogP contribution in [0.25, 0.3) is 0 Å². The quantitative estimate of drug-likeness (QED) is 0.891. The lowest BCUT2D eigenvalue weighted by atomic mass is 10.00. The predicted molar refractivity (Wildman–Crippen MR) is 71.4 cm³/mol. The van der Waals surface area contributed by atoms with Gasteiger partial charge in [-0.15, -0.1) is 0 Å². The van der Waals surface area contributed by atoms with Crippen molar-refractivity contribution in [3.05, 3.63) is 34.9 Å². The molecule has 1 N–H and O–H groups in total. The van der Waals surface area contributed by atoms with Crippen LogP contribution in [0, 0.1) is 13.8 Å². The number of carbonyl (C=O) groups excluding carboxylic acids is 1. The molecule has 2 atom stereocenters. The summed E-state index contributed by atoms with van der Waals surface area (Å²) in [5.41, 5.74) is 3.61. The molecule has 0 bridgehead atoms. The number of amides is 1. The average Bonchev–Trinajstić information content (AvgIpc) is 2.85. The molecule has 18 heavy (non-hydrogen) atoms. The van der Waals surface area contributed by atoms with Crippen LogP contribution < -0.4 is 5.32 Å². The summed E-state index contributed by atoms with van der Waals surface area (Å²) in [7, 11) is 0. The minimum atomic E-state index is -0.252. The van der Waals surface area contributed by atoms with Crippen LogP contribution in [0.15, 0.2) is 18.2 Å². The number of carbonyl (C=O) groups is 1. The Morgan fingerprint density at radius 1 is 1.44 bits per heavy atom. The Morgan fingerprint density at radius 3 is 2.89 bits per heavy atom. The highest BCUT2D eigenvalue weighted by molar-refractivity contribution is 5.81. The molecule has 1 aliphatic heterocycles. The molecular weight excluding hydrogens is 226 g/mol. The molecule has 1 aliphatic rings. The fourth-order valence-corrected chi connectivity index (χ4v) is 2.39. The van der Waals surface area contributed by atoms with Crippen LogP contribution in [0.1, 0.15) is 42.5 Å². The van der Waals surface area contributed by atoms with E-state index in [1.165, 1.54) is 16.7 Å². The highest BCUT2D eigenvalue weighted by Crippen LogP contribution is 2.20. The Bertz CT molecular complexity index is 436. The summed E-state index contributed by atoms with van der Waals surface area (Å²) in [5.74, 6) is 0.0147. The average molecular weight is 247 g/mol. The molecule has 1 saturated heterocycles. The molecule has 0 radical (unpaired) electrons. The lowest BCUT2D eigenvalue weighted by Gasteiger charge is -2.19. The highest BCUT2D eigenvalue weighted by Gasteiger charge is 2.25. The largest absolute Gasteiger partial charge is 0.368 e. The van der Waals surface area contributed by atoms with E-state index < -0.39 is 0 Å². The summed E-state index contributed by atoms with van der Waals surface area (Å²) >= 11 is 0. The molecule has 3 heteroatoms. The molecule has 1 aromatic carbocycles. The van der Waals surface area contributed by atoms with E-state index in [2.05, 4.69) is 37.4 Å². The summed E-state index contributed by atoms with van der Waals surface area (Å²) in [5, 5.41) is 3.04. The first kappa shape index (κ1) is 13.1. The van der Waals surface area contributed by atoms with Crippen molar-refractivity contribution in [3.8, 4) is 0 Å². The zero-order valence-electron chi connectivity index (χ0n) is 11.3. The maximum atomic E-state index is 12.0. The Balaban J connectivity index is 2.04. The first-order valence-corrected chi connectivity index (χ1v) is 6.57. The monoisotopic (exact) mass is 247 g/mol. The van der Waals surface area contributed by atoms with Crippen LogP contribution in [0.5, 0.6) is 0 Å². The van der Waals surface area contributed by atoms with E-state index >= 15 is 0 Å². The molecule has 0 aromatic heterocycles. The van der Waals surface area contributed by atoms with E-state index in [1.54, 1.807) is 0 Å². The van der Waals surface area contributed by atoms with Crippen molar-refractivity contribution in [2.45, 2.75) is 45.8 Å². The number of hydrogen-bond donors (Lipinski definition) is 1. The van der Waals surface area contributed by atoms with Gasteiger partial charge in [0, 0.05) is 6.61 Å². The molecule has 1 amide bonds. The molecule has 2 rings (SSSR count). The van der Waals surface area contributed by atoms with Crippen molar-refractivity contribution in [1.82, 2.24) is 5.32 Å². The maximum absolute atomic E-state index is 12.0. The van der Waals surface area contributed by atoms with Crippen molar-refractivity contribution in [3.63, 3.8) is 0 Å². The first-order chi connectivity index (χ1) is 8.58. The fraction of sp³-hybridized carbons (Fsp3) is 0.533. The van der Waals surface area contributed by atoms with Crippen LogP contribution in [0.4, 0.5) is 0 Å². The van der Waals surface area contributed by atoms with Crippen LogP contribution in [0.3, 0.4) is 0 Å². The molecule has 1 heterocycles. The predicted octanol–water partition coefficient (Wildman–Crippen LogP) is 2.66. The van der Waals surface area contributed by atoms with Crippen LogP contribution >= 0.6 is 0 Å². The van der Waals surface area contributed by atoms with Gasteiger partial charge >= 0.3 is 0 Å². The Morgan fingerprint density at radius 2 is 2.22 bits per heavy atom. The summed E-state index contributed by atoms with van der Waals surface area (Å²) in [4.78, 5) is 12.0. The Hall–Kier alpha value is -1.35. The topological polar surface area (TPSA) is 38.3 Å². The molecular formula is C15H21NO2. The minimum absolute atomic E-state index is 0.0147. The summed E-state index contributed by atoms with van der Waals surface area (Å²) in [6.45, 7) is 6.87. The number of ether oxygens (including phenoxy) is 1. The van der Waals surface area contributed by atoms with Crippen molar-refractivity contribution in [1.29, 1.82) is 0 Å². The third-order valence-electron chi connectivity index (χ3n) is 3.48. The van der Waals surface area contributed by atoms with Gasteiger partial charge in [0.25, 0.3) is 0 Å². The van der Waals surface area contributed by atoms with Gasteiger partial charge in [0.15, 0.2) is 0 Å². The molecule has 0 saturated carbocycles. The summed E-state index contributed by atoms with van der Waals surface area (Å²) in [6, 6.07) is 6.35. The Kier molecular flexibility index (Phi) is 4.02. The van der Waals surface area contributed by atoms with Gasteiger partial charge in [-0.25, -0.2) is 0 Å². The second kappa shape index (κ2) is 5.53. The zero-order chi connectivity index (χ0) is 13.1. The van der Waals surface area contributed by atoms with Gasteiger partial charge < -0.3 is 10.1 Å². The molecule has 1 fully saturated rings. The third kappa shape index (κ3) is 2.91. The molecule has 0 aliphatic carbocycles. The van der Waals surface area contributed by atoms with E-state index in [0.717, 1.165) is 12.8 Å². The van der Waals surface area contributed by atoms with Crippen LogP contribution in [-0.2, 0) is 9.53 Å².